The van der Waals surface area contributed by atoms with Crippen LogP contribution in [0.1, 0.15) is 37.7 Å². The molecule has 0 amide bonds. The molecule has 0 bridgehead atoms. The Labute approximate surface area is 120 Å². The van der Waals surface area contributed by atoms with E-state index in [-0.39, 0.29) is 5.41 Å². The summed E-state index contributed by atoms with van der Waals surface area (Å²) in [6, 6.07) is 4.27. The van der Waals surface area contributed by atoms with Crippen molar-refractivity contribution in [1.29, 1.82) is 0 Å². The van der Waals surface area contributed by atoms with E-state index in [2.05, 4.69) is 10.1 Å². The monoisotopic (exact) mass is 303 g/mol. The number of ether oxygens (including phenoxy) is 1. The highest BCUT2D eigenvalue weighted by Crippen LogP contribution is 2.53. The topological polar surface area (TPSA) is 21.3 Å². The fourth-order valence-electron chi connectivity index (χ4n) is 3.20. The van der Waals surface area contributed by atoms with Gasteiger partial charge in [0.05, 0.1) is 0 Å². The molecule has 0 radical (unpaired) electrons. The quantitative estimate of drug-likeness (QED) is 0.852. The van der Waals surface area contributed by atoms with Gasteiger partial charge in [-0.25, -0.2) is 4.39 Å². The largest absolute Gasteiger partial charge is 0.573 e. The van der Waals surface area contributed by atoms with Crippen LogP contribution < -0.4 is 10.1 Å². The average Bonchev–Trinajstić information content (AvgIpc) is 2.97. The third-order valence-corrected chi connectivity index (χ3v) is 4.42. The molecule has 1 aliphatic heterocycles. The summed E-state index contributed by atoms with van der Waals surface area (Å²) in [4.78, 5) is 0. The molecule has 2 aliphatic rings. The average molecular weight is 303 g/mol. The van der Waals surface area contributed by atoms with Gasteiger partial charge >= 0.3 is 6.36 Å². The second-order valence-electron chi connectivity index (χ2n) is 5.97. The third-order valence-electron chi connectivity index (χ3n) is 4.42. The minimum Gasteiger partial charge on any atom is -0.403 e. The van der Waals surface area contributed by atoms with Gasteiger partial charge in [0.1, 0.15) is 0 Å². The van der Waals surface area contributed by atoms with Crippen molar-refractivity contribution in [3.8, 4) is 5.75 Å². The fraction of sp³-hybridized carbons (Fsp3) is 0.600. The second kappa shape index (κ2) is 5.16. The van der Waals surface area contributed by atoms with Crippen LogP contribution in [0.5, 0.6) is 5.75 Å². The summed E-state index contributed by atoms with van der Waals surface area (Å²) in [6.45, 7) is 0.993. The van der Waals surface area contributed by atoms with E-state index in [9.17, 15) is 17.6 Å². The zero-order valence-electron chi connectivity index (χ0n) is 11.5. The van der Waals surface area contributed by atoms with E-state index in [1.54, 1.807) is 6.07 Å². The predicted molar refractivity (Wildman–Crippen MR) is 69.6 cm³/mol. The molecule has 2 fully saturated rings. The zero-order valence-corrected chi connectivity index (χ0v) is 11.5. The summed E-state index contributed by atoms with van der Waals surface area (Å²) in [5.74, 6) is -1.71. The van der Waals surface area contributed by atoms with Crippen LogP contribution in [0.3, 0.4) is 0 Å². The van der Waals surface area contributed by atoms with Gasteiger partial charge < -0.3 is 10.1 Å². The predicted octanol–water partition coefficient (Wildman–Crippen LogP) is 3.90. The Bertz CT molecular complexity index is 519. The maximum atomic E-state index is 13.5. The lowest BCUT2D eigenvalue weighted by atomic mass is 9.88. The van der Waals surface area contributed by atoms with E-state index < -0.39 is 17.9 Å². The van der Waals surface area contributed by atoms with Crippen LogP contribution in [0, 0.1) is 5.82 Å². The molecule has 0 aromatic heterocycles. The van der Waals surface area contributed by atoms with Crippen molar-refractivity contribution in [2.24, 2.45) is 0 Å². The number of halogens is 4. The van der Waals surface area contributed by atoms with Crippen molar-refractivity contribution < 1.29 is 22.3 Å². The van der Waals surface area contributed by atoms with Crippen LogP contribution in [0.25, 0.3) is 0 Å². The molecule has 1 heterocycles. The Morgan fingerprint density at radius 2 is 2.05 bits per heavy atom. The van der Waals surface area contributed by atoms with E-state index >= 15 is 0 Å². The molecule has 0 unspecified atom stereocenters. The van der Waals surface area contributed by atoms with E-state index in [1.165, 1.54) is 6.07 Å². The lowest BCUT2D eigenvalue weighted by Gasteiger charge is -2.21. The molecule has 1 aromatic rings. The van der Waals surface area contributed by atoms with Gasteiger partial charge in [-0.15, -0.1) is 13.2 Å². The SMILES string of the molecule is Fc1ccc(C2(C[C@H]3CCCN3)CC2)cc1OC(F)(F)F. The molecular formula is C15H17F4NO. The highest BCUT2D eigenvalue weighted by atomic mass is 19.4. The molecule has 1 atom stereocenters. The lowest BCUT2D eigenvalue weighted by Crippen LogP contribution is -2.27. The van der Waals surface area contributed by atoms with E-state index in [0.717, 1.165) is 50.3 Å². The standard InChI is InChI=1S/C15H17F4NO/c16-12-4-3-10(8-13(12)21-15(17,18)19)14(5-6-14)9-11-2-1-7-20-11/h3-4,8,11,20H,1-2,5-7,9H2/t11-/m1/s1. The number of benzene rings is 1. The summed E-state index contributed by atoms with van der Waals surface area (Å²) in [6.07, 6.45) is 0.110. The summed E-state index contributed by atoms with van der Waals surface area (Å²) >= 11 is 0. The second-order valence-corrected chi connectivity index (χ2v) is 5.97. The maximum Gasteiger partial charge on any atom is 0.573 e. The van der Waals surface area contributed by atoms with Crippen molar-refractivity contribution >= 4 is 0 Å². The van der Waals surface area contributed by atoms with Crippen LogP contribution in [-0.4, -0.2) is 18.9 Å². The van der Waals surface area contributed by atoms with Crippen LogP contribution >= 0.6 is 0 Å². The Morgan fingerprint density at radius 1 is 1.29 bits per heavy atom. The molecule has 116 valence electrons. The van der Waals surface area contributed by atoms with Gasteiger partial charge in [-0.1, -0.05) is 6.07 Å². The van der Waals surface area contributed by atoms with Crippen LogP contribution in [0.4, 0.5) is 17.6 Å². The first kappa shape index (κ1) is 14.6. The lowest BCUT2D eigenvalue weighted by molar-refractivity contribution is -0.275. The number of rotatable bonds is 4. The van der Waals surface area contributed by atoms with Crippen LogP contribution in [0.2, 0.25) is 0 Å². The Kier molecular flexibility index (Phi) is 3.59. The number of hydrogen-bond acceptors (Lipinski definition) is 2. The summed E-state index contributed by atoms with van der Waals surface area (Å²) < 4.78 is 54.1. The van der Waals surface area contributed by atoms with Crippen molar-refractivity contribution in [3.63, 3.8) is 0 Å². The Balaban J connectivity index is 1.80. The van der Waals surface area contributed by atoms with Gasteiger partial charge in [0.15, 0.2) is 11.6 Å². The minimum absolute atomic E-state index is 0.112. The first-order valence-corrected chi connectivity index (χ1v) is 7.17. The maximum absolute atomic E-state index is 13.5. The van der Waals surface area contributed by atoms with E-state index in [1.807, 2.05) is 0 Å². The molecule has 1 N–H and O–H groups in total. The zero-order chi connectivity index (χ0) is 15.1. The smallest absolute Gasteiger partial charge is 0.403 e. The Morgan fingerprint density at radius 3 is 2.62 bits per heavy atom. The first-order valence-electron chi connectivity index (χ1n) is 7.17. The highest BCUT2D eigenvalue weighted by Gasteiger charge is 2.46. The van der Waals surface area contributed by atoms with Gasteiger partial charge in [0, 0.05) is 6.04 Å². The number of alkyl halides is 3. The third kappa shape index (κ3) is 3.31. The Hall–Kier alpha value is -1.30. The molecule has 1 saturated heterocycles. The van der Waals surface area contributed by atoms with Gasteiger partial charge in [-0.2, -0.15) is 0 Å². The summed E-state index contributed by atoms with van der Waals surface area (Å²) in [5, 5.41) is 3.40. The molecule has 3 rings (SSSR count). The van der Waals surface area contributed by atoms with E-state index in [4.69, 9.17) is 0 Å². The van der Waals surface area contributed by atoms with Gasteiger partial charge in [0.2, 0.25) is 0 Å². The van der Waals surface area contributed by atoms with Gasteiger partial charge in [0.25, 0.3) is 0 Å². The fourth-order valence-corrected chi connectivity index (χ4v) is 3.20. The molecule has 2 nitrogen and oxygen atoms in total. The summed E-state index contributed by atoms with van der Waals surface area (Å²) in [7, 11) is 0. The highest BCUT2D eigenvalue weighted by molar-refractivity contribution is 5.39. The molecule has 21 heavy (non-hydrogen) atoms. The van der Waals surface area contributed by atoms with Crippen molar-refractivity contribution in [2.75, 3.05) is 6.54 Å². The van der Waals surface area contributed by atoms with E-state index in [0.29, 0.717) is 6.04 Å². The molecule has 1 aliphatic carbocycles. The van der Waals surface area contributed by atoms with Gasteiger partial charge in [-0.05, 0) is 61.8 Å². The number of hydrogen-bond donors (Lipinski definition) is 1. The van der Waals surface area contributed by atoms with Crippen LogP contribution in [-0.2, 0) is 5.41 Å². The molecule has 1 saturated carbocycles. The van der Waals surface area contributed by atoms with Gasteiger partial charge in [-0.3, -0.25) is 0 Å². The minimum atomic E-state index is -4.87. The van der Waals surface area contributed by atoms with Crippen molar-refractivity contribution in [1.82, 2.24) is 5.32 Å². The molecule has 1 aromatic carbocycles. The van der Waals surface area contributed by atoms with Crippen molar-refractivity contribution in [2.45, 2.75) is 49.9 Å². The molecular weight excluding hydrogens is 286 g/mol. The first-order chi connectivity index (χ1) is 9.88. The normalized spacial score (nSPS) is 24.1. The molecule has 0 spiro atoms. The molecule has 6 heteroatoms. The summed E-state index contributed by atoms with van der Waals surface area (Å²) in [5.41, 5.74) is 0.635. The van der Waals surface area contributed by atoms with Crippen LogP contribution in [0.15, 0.2) is 18.2 Å². The number of nitrogens with one attached hydrogen (secondary N) is 1. The van der Waals surface area contributed by atoms with Crippen molar-refractivity contribution in [3.05, 3.63) is 29.6 Å².